The molecule has 3 aromatic rings. The Morgan fingerprint density at radius 3 is 2.17 bits per heavy atom. The molecule has 6 nitrogen and oxygen atoms in total. The van der Waals surface area contributed by atoms with Gasteiger partial charge in [-0.1, -0.05) is 43.2 Å². The van der Waals surface area contributed by atoms with Gasteiger partial charge in [0.1, 0.15) is 5.69 Å². The molecule has 1 aromatic heterocycles. The fraction of sp³-hybridized carbons (Fsp3) is 0.261. The predicted molar refractivity (Wildman–Crippen MR) is 115 cm³/mol. The lowest BCUT2D eigenvalue weighted by molar-refractivity contribution is 0.102. The number of nitrogens with two attached hydrogens (primary N) is 1. The maximum Gasteiger partial charge on any atom is 0.329 e. The highest BCUT2D eigenvalue weighted by atomic mass is 16.2. The van der Waals surface area contributed by atoms with Gasteiger partial charge in [0, 0.05) is 16.8 Å². The summed E-state index contributed by atoms with van der Waals surface area (Å²) in [6.07, 6.45) is 0. The van der Waals surface area contributed by atoms with Gasteiger partial charge in [0.05, 0.1) is 6.54 Å². The van der Waals surface area contributed by atoms with E-state index in [1.807, 2.05) is 33.8 Å². The number of hydrogen-bond acceptors (Lipinski definition) is 4. The molecule has 150 valence electrons. The van der Waals surface area contributed by atoms with E-state index in [0.717, 1.165) is 16.7 Å². The molecule has 29 heavy (non-hydrogen) atoms. The molecular formula is C23H25N3O3. The molecular weight excluding hydrogens is 366 g/mol. The van der Waals surface area contributed by atoms with Crippen molar-refractivity contribution in [1.29, 1.82) is 0 Å². The molecule has 3 N–H and O–H groups in total. The first-order valence-electron chi connectivity index (χ1n) is 9.51. The van der Waals surface area contributed by atoms with Crippen LogP contribution in [0.1, 0.15) is 58.1 Å². The average molecular weight is 391 g/mol. The molecule has 0 aliphatic carbocycles. The summed E-state index contributed by atoms with van der Waals surface area (Å²) in [6.45, 7) is 7.64. The molecule has 1 heterocycles. The zero-order valence-corrected chi connectivity index (χ0v) is 17.1. The Balaban J connectivity index is 2.26. The second-order valence-corrected chi connectivity index (χ2v) is 7.71. The molecule has 0 fully saturated rings. The fourth-order valence-electron chi connectivity index (χ4n) is 3.57. The Labute approximate surface area is 169 Å². The number of carbonyl (C=O) groups is 1. The summed E-state index contributed by atoms with van der Waals surface area (Å²) in [5, 5.41) is 0. The van der Waals surface area contributed by atoms with E-state index in [4.69, 9.17) is 5.73 Å². The number of nitrogens with zero attached hydrogens (tertiary/aromatic N) is 1. The van der Waals surface area contributed by atoms with E-state index in [1.165, 1.54) is 4.57 Å². The normalized spacial score (nSPS) is 11.1. The number of H-pyrrole nitrogens is 1. The van der Waals surface area contributed by atoms with Crippen LogP contribution in [0, 0.1) is 13.8 Å². The van der Waals surface area contributed by atoms with Gasteiger partial charge in [0.25, 0.3) is 5.56 Å². The van der Waals surface area contributed by atoms with Crippen molar-refractivity contribution in [1.82, 2.24) is 9.55 Å². The van der Waals surface area contributed by atoms with E-state index in [0.29, 0.717) is 16.8 Å². The quantitative estimate of drug-likeness (QED) is 0.516. The highest BCUT2D eigenvalue weighted by molar-refractivity contribution is 6.09. The SMILES string of the molecule is Cc1cc(C)cc(C(=O)c2c(C(C)C)c(=O)[nH]c(=O)n2Cc2ccc(N)cc2)c1. The minimum atomic E-state index is -0.607. The van der Waals surface area contributed by atoms with E-state index in [9.17, 15) is 14.4 Å². The van der Waals surface area contributed by atoms with Crippen molar-refractivity contribution in [2.24, 2.45) is 0 Å². The molecule has 0 aliphatic heterocycles. The molecule has 0 unspecified atom stereocenters. The molecule has 0 saturated carbocycles. The first-order valence-corrected chi connectivity index (χ1v) is 9.51. The predicted octanol–water partition coefficient (Wildman–Crippen LogP) is 3.14. The van der Waals surface area contributed by atoms with Crippen LogP contribution in [0.5, 0.6) is 0 Å². The van der Waals surface area contributed by atoms with E-state index in [2.05, 4.69) is 4.98 Å². The topological polar surface area (TPSA) is 98.0 Å². The van der Waals surface area contributed by atoms with Crippen molar-refractivity contribution in [2.45, 2.75) is 40.2 Å². The second kappa shape index (κ2) is 7.91. The van der Waals surface area contributed by atoms with Crippen LogP contribution in [-0.2, 0) is 6.54 Å². The van der Waals surface area contributed by atoms with Gasteiger partial charge >= 0.3 is 5.69 Å². The summed E-state index contributed by atoms with van der Waals surface area (Å²) in [5.74, 6) is -0.569. The first-order chi connectivity index (χ1) is 13.7. The second-order valence-electron chi connectivity index (χ2n) is 7.71. The van der Waals surface area contributed by atoms with Gasteiger partial charge in [-0.15, -0.1) is 0 Å². The number of nitrogens with one attached hydrogen (secondary N) is 1. The monoisotopic (exact) mass is 391 g/mol. The van der Waals surface area contributed by atoms with Crippen molar-refractivity contribution in [3.63, 3.8) is 0 Å². The highest BCUT2D eigenvalue weighted by Gasteiger charge is 2.24. The third-order valence-electron chi connectivity index (χ3n) is 4.83. The van der Waals surface area contributed by atoms with Gasteiger partial charge in [-0.2, -0.15) is 0 Å². The summed E-state index contributed by atoms with van der Waals surface area (Å²) in [4.78, 5) is 41.2. The Morgan fingerprint density at radius 2 is 1.62 bits per heavy atom. The van der Waals surface area contributed by atoms with Crippen molar-refractivity contribution in [3.05, 3.63) is 96.8 Å². The highest BCUT2D eigenvalue weighted by Crippen LogP contribution is 2.20. The maximum absolute atomic E-state index is 13.5. The van der Waals surface area contributed by atoms with E-state index in [-0.39, 0.29) is 23.9 Å². The average Bonchev–Trinajstić information content (AvgIpc) is 2.63. The first kappa shape index (κ1) is 20.3. The van der Waals surface area contributed by atoms with Crippen LogP contribution in [0.15, 0.2) is 52.1 Å². The molecule has 0 amide bonds. The standard InChI is InChI=1S/C23H25N3O3/c1-13(2)19-20(21(27)17-10-14(3)9-15(4)11-17)26(23(29)25-22(19)28)12-16-5-7-18(24)8-6-16/h5-11,13H,12,24H2,1-4H3,(H,25,28,29). The van der Waals surface area contributed by atoms with Gasteiger partial charge in [-0.3, -0.25) is 19.1 Å². The van der Waals surface area contributed by atoms with E-state index < -0.39 is 11.2 Å². The Bertz CT molecular complexity index is 1170. The number of aromatic nitrogens is 2. The number of ketones is 1. The van der Waals surface area contributed by atoms with Crippen LogP contribution >= 0.6 is 0 Å². The zero-order valence-electron chi connectivity index (χ0n) is 17.1. The van der Waals surface area contributed by atoms with Crippen LogP contribution in [0.25, 0.3) is 0 Å². The van der Waals surface area contributed by atoms with Crippen molar-refractivity contribution in [2.75, 3.05) is 5.73 Å². The summed E-state index contributed by atoms with van der Waals surface area (Å²) < 4.78 is 1.35. The number of hydrogen-bond donors (Lipinski definition) is 2. The summed E-state index contributed by atoms with van der Waals surface area (Å²) >= 11 is 0. The fourth-order valence-corrected chi connectivity index (χ4v) is 3.57. The summed E-state index contributed by atoms with van der Waals surface area (Å²) in [5.41, 5.74) is 8.81. The van der Waals surface area contributed by atoms with Crippen molar-refractivity contribution < 1.29 is 4.79 Å². The lowest BCUT2D eigenvalue weighted by Crippen LogP contribution is -2.38. The van der Waals surface area contributed by atoms with Crippen molar-refractivity contribution in [3.8, 4) is 0 Å². The van der Waals surface area contributed by atoms with Crippen molar-refractivity contribution >= 4 is 11.5 Å². The molecule has 0 aliphatic rings. The zero-order chi connectivity index (χ0) is 21.3. The van der Waals surface area contributed by atoms with Crippen LogP contribution < -0.4 is 17.0 Å². The molecule has 3 rings (SSSR count). The molecule has 2 aromatic carbocycles. The van der Waals surface area contributed by atoms with Crippen LogP contribution in [0.2, 0.25) is 0 Å². The molecule has 0 saturated heterocycles. The Kier molecular flexibility index (Phi) is 5.55. The van der Waals surface area contributed by atoms with Crippen LogP contribution in [-0.4, -0.2) is 15.3 Å². The van der Waals surface area contributed by atoms with E-state index >= 15 is 0 Å². The number of benzene rings is 2. The van der Waals surface area contributed by atoms with Gasteiger partial charge in [-0.05, 0) is 49.6 Å². The lowest BCUT2D eigenvalue weighted by atomic mass is 9.95. The van der Waals surface area contributed by atoms with E-state index in [1.54, 1.807) is 36.4 Å². The molecule has 0 spiro atoms. The number of aromatic amines is 1. The Hall–Kier alpha value is -3.41. The number of aryl methyl sites for hydroxylation is 2. The number of carbonyl (C=O) groups excluding carboxylic acids is 1. The minimum absolute atomic E-state index is 0.135. The minimum Gasteiger partial charge on any atom is -0.399 e. The molecule has 0 bridgehead atoms. The third-order valence-corrected chi connectivity index (χ3v) is 4.83. The van der Waals surface area contributed by atoms with Gasteiger partial charge in [0.15, 0.2) is 0 Å². The lowest BCUT2D eigenvalue weighted by Gasteiger charge is -2.18. The molecule has 0 atom stereocenters. The maximum atomic E-state index is 13.5. The smallest absolute Gasteiger partial charge is 0.329 e. The molecule has 6 heteroatoms. The largest absolute Gasteiger partial charge is 0.399 e. The summed E-state index contributed by atoms with van der Waals surface area (Å²) in [6, 6.07) is 12.6. The number of anilines is 1. The summed E-state index contributed by atoms with van der Waals surface area (Å²) in [7, 11) is 0. The number of nitrogen functional groups attached to an aromatic ring is 1. The van der Waals surface area contributed by atoms with Crippen LogP contribution in [0.3, 0.4) is 0 Å². The van der Waals surface area contributed by atoms with Gasteiger partial charge < -0.3 is 5.73 Å². The van der Waals surface area contributed by atoms with Gasteiger partial charge in [-0.25, -0.2) is 4.79 Å². The van der Waals surface area contributed by atoms with Gasteiger partial charge in [0.2, 0.25) is 5.78 Å². The van der Waals surface area contributed by atoms with Crippen LogP contribution in [0.4, 0.5) is 5.69 Å². The molecule has 0 radical (unpaired) electrons. The third kappa shape index (κ3) is 4.21. The number of rotatable bonds is 5. The Morgan fingerprint density at radius 1 is 1.03 bits per heavy atom.